The van der Waals surface area contributed by atoms with Crippen LogP contribution in [0, 0.1) is 0 Å². The molecule has 94 valence electrons. The third kappa shape index (κ3) is 3.17. The fourth-order valence-corrected chi connectivity index (χ4v) is 2.44. The molecule has 0 aliphatic heterocycles. The molecule has 0 aliphatic carbocycles. The third-order valence-corrected chi connectivity index (χ3v) is 3.54. The second-order valence-electron chi connectivity index (χ2n) is 3.49. The van der Waals surface area contributed by atoms with Crippen LogP contribution >= 0.6 is 27.3 Å². The smallest absolute Gasteiger partial charge is 0.256 e. The maximum Gasteiger partial charge on any atom is 0.256 e. The molecule has 0 aliphatic rings. The summed E-state index contributed by atoms with van der Waals surface area (Å²) in [6.45, 7) is -0.0140. The quantitative estimate of drug-likeness (QED) is 0.889. The van der Waals surface area contributed by atoms with Crippen molar-refractivity contribution in [2.24, 2.45) is 5.73 Å². The van der Waals surface area contributed by atoms with E-state index in [2.05, 4.69) is 26.3 Å². The van der Waals surface area contributed by atoms with Gasteiger partial charge in [-0.3, -0.25) is 14.3 Å². The number of primary amides is 1. The molecule has 8 heteroatoms. The van der Waals surface area contributed by atoms with Gasteiger partial charge < -0.3 is 11.1 Å². The van der Waals surface area contributed by atoms with Crippen LogP contribution in [-0.2, 0) is 11.3 Å². The number of carbonyl (C=O) groups is 2. The van der Waals surface area contributed by atoms with Gasteiger partial charge in [0.15, 0.2) is 0 Å². The molecule has 2 rings (SSSR count). The molecule has 3 N–H and O–H groups in total. The van der Waals surface area contributed by atoms with E-state index in [4.69, 9.17) is 5.73 Å². The molecule has 2 aromatic heterocycles. The van der Waals surface area contributed by atoms with Crippen molar-refractivity contribution in [3.63, 3.8) is 0 Å². The van der Waals surface area contributed by atoms with Crippen LogP contribution in [0.1, 0.15) is 10.4 Å². The standard InChI is InChI=1S/C10H9BrN4O2S/c11-8-1-6(5-18-8)10(17)14-7-2-13-15(3-7)4-9(12)16/h1-3,5H,4H2,(H2,12,16)(H,14,17). The first-order valence-corrected chi connectivity index (χ1v) is 6.58. The van der Waals surface area contributed by atoms with E-state index in [9.17, 15) is 9.59 Å². The first kappa shape index (κ1) is 12.8. The summed E-state index contributed by atoms with van der Waals surface area (Å²) in [6.07, 6.45) is 3.01. The van der Waals surface area contributed by atoms with Crippen molar-refractivity contribution in [3.05, 3.63) is 33.2 Å². The molecule has 0 radical (unpaired) electrons. The van der Waals surface area contributed by atoms with Gasteiger partial charge in [0.25, 0.3) is 5.91 Å². The molecule has 2 aromatic rings. The molecule has 0 bridgehead atoms. The Labute approximate surface area is 115 Å². The molecular weight excluding hydrogens is 320 g/mol. The van der Waals surface area contributed by atoms with Gasteiger partial charge in [-0.05, 0) is 22.0 Å². The Morgan fingerprint density at radius 1 is 1.56 bits per heavy atom. The van der Waals surface area contributed by atoms with Crippen LogP contribution in [0.15, 0.2) is 27.6 Å². The number of hydrogen-bond acceptors (Lipinski definition) is 4. The summed E-state index contributed by atoms with van der Waals surface area (Å²) in [4.78, 5) is 22.5. The molecule has 0 unspecified atom stereocenters. The molecule has 0 saturated carbocycles. The molecule has 0 saturated heterocycles. The zero-order valence-electron chi connectivity index (χ0n) is 9.09. The monoisotopic (exact) mass is 328 g/mol. The summed E-state index contributed by atoms with van der Waals surface area (Å²) >= 11 is 4.72. The number of nitrogens with two attached hydrogens (primary N) is 1. The van der Waals surface area contributed by atoms with Gasteiger partial charge in [0.05, 0.1) is 21.2 Å². The Kier molecular flexibility index (Phi) is 3.78. The van der Waals surface area contributed by atoms with Crippen molar-refractivity contribution in [2.75, 3.05) is 5.32 Å². The van der Waals surface area contributed by atoms with Crippen molar-refractivity contribution < 1.29 is 9.59 Å². The lowest BCUT2D eigenvalue weighted by molar-refractivity contribution is -0.118. The highest BCUT2D eigenvalue weighted by Crippen LogP contribution is 2.21. The molecule has 2 amide bonds. The SMILES string of the molecule is NC(=O)Cn1cc(NC(=O)c2csc(Br)c2)cn1. The van der Waals surface area contributed by atoms with Gasteiger partial charge in [-0.1, -0.05) is 0 Å². The maximum absolute atomic E-state index is 11.8. The topological polar surface area (TPSA) is 90.0 Å². The first-order chi connectivity index (χ1) is 8.54. The summed E-state index contributed by atoms with van der Waals surface area (Å²) in [5, 5.41) is 8.32. The number of carbonyl (C=O) groups excluding carboxylic acids is 2. The number of nitrogens with one attached hydrogen (secondary N) is 1. The Bertz CT molecular complexity index is 592. The van der Waals surface area contributed by atoms with Crippen LogP contribution in [0.2, 0.25) is 0 Å². The fourth-order valence-electron chi connectivity index (χ4n) is 1.31. The highest BCUT2D eigenvalue weighted by atomic mass is 79.9. The lowest BCUT2D eigenvalue weighted by atomic mass is 10.3. The average Bonchev–Trinajstić information content (AvgIpc) is 2.87. The van der Waals surface area contributed by atoms with Gasteiger partial charge in [-0.2, -0.15) is 5.10 Å². The molecule has 0 atom stereocenters. The highest BCUT2D eigenvalue weighted by molar-refractivity contribution is 9.11. The van der Waals surface area contributed by atoms with Crippen LogP contribution in [0.3, 0.4) is 0 Å². The molecule has 6 nitrogen and oxygen atoms in total. The second kappa shape index (κ2) is 5.32. The summed E-state index contributed by atoms with van der Waals surface area (Å²) in [5.74, 6) is -0.715. The minimum absolute atomic E-state index is 0.0140. The van der Waals surface area contributed by atoms with Gasteiger partial charge in [-0.15, -0.1) is 11.3 Å². The summed E-state index contributed by atoms with van der Waals surface area (Å²) in [7, 11) is 0. The Morgan fingerprint density at radius 2 is 2.33 bits per heavy atom. The molecule has 0 spiro atoms. The van der Waals surface area contributed by atoms with Gasteiger partial charge in [0, 0.05) is 11.6 Å². The lowest BCUT2D eigenvalue weighted by Gasteiger charge is -1.99. The summed E-state index contributed by atoms with van der Waals surface area (Å²) in [6, 6.07) is 1.73. The number of hydrogen-bond donors (Lipinski definition) is 2. The predicted molar refractivity (Wildman–Crippen MR) is 71.4 cm³/mol. The zero-order valence-corrected chi connectivity index (χ0v) is 11.5. The number of halogens is 1. The zero-order chi connectivity index (χ0) is 13.1. The van der Waals surface area contributed by atoms with Gasteiger partial charge >= 0.3 is 0 Å². The first-order valence-electron chi connectivity index (χ1n) is 4.91. The fraction of sp³-hybridized carbons (Fsp3) is 0.100. The maximum atomic E-state index is 11.8. The van der Waals surface area contributed by atoms with Crippen LogP contribution in [-0.4, -0.2) is 21.6 Å². The van der Waals surface area contributed by atoms with E-state index in [1.54, 1.807) is 17.6 Å². The van der Waals surface area contributed by atoms with Crippen molar-refractivity contribution in [1.29, 1.82) is 0 Å². The van der Waals surface area contributed by atoms with E-state index in [0.717, 1.165) is 3.79 Å². The Morgan fingerprint density at radius 3 is 2.94 bits per heavy atom. The minimum atomic E-state index is -0.488. The minimum Gasteiger partial charge on any atom is -0.368 e. The van der Waals surface area contributed by atoms with E-state index < -0.39 is 5.91 Å². The van der Waals surface area contributed by atoms with E-state index >= 15 is 0 Å². The summed E-state index contributed by atoms with van der Waals surface area (Å²) in [5.41, 5.74) is 6.12. The van der Waals surface area contributed by atoms with Crippen LogP contribution in [0.5, 0.6) is 0 Å². The Balaban J connectivity index is 2.03. The number of thiophene rings is 1. The normalized spacial score (nSPS) is 10.3. The van der Waals surface area contributed by atoms with Crippen molar-refractivity contribution in [1.82, 2.24) is 9.78 Å². The summed E-state index contributed by atoms with van der Waals surface area (Å²) < 4.78 is 2.25. The van der Waals surface area contributed by atoms with E-state index in [1.165, 1.54) is 22.2 Å². The van der Waals surface area contributed by atoms with Crippen LogP contribution < -0.4 is 11.1 Å². The molecular formula is C10H9BrN4O2S. The van der Waals surface area contributed by atoms with Crippen LogP contribution in [0.4, 0.5) is 5.69 Å². The largest absolute Gasteiger partial charge is 0.368 e. The third-order valence-electron chi connectivity index (χ3n) is 2.04. The lowest BCUT2D eigenvalue weighted by Crippen LogP contribution is -2.18. The Hall–Kier alpha value is -1.67. The van der Waals surface area contributed by atoms with Gasteiger partial charge in [0.1, 0.15) is 6.54 Å². The number of nitrogens with zero attached hydrogens (tertiary/aromatic N) is 2. The van der Waals surface area contributed by atoms with E-state index in [-0.39, 0.29) is 12.5 Å². The van der Waals surface area contributed by atoms with Crippen LogP contribution in [0.25, 0.3) is 0 Å². The van der Waals surface area contributed by atoms with E-state index in [1.807, 2.05) is 0 Å². The van der Waals surface area contributed by atoms with Gasteiger partial charge in [-0.25, -0.2) is 0 Å². The number of rotatable bonds is 4. The number of amides is 2. The van der Waals surface area contributed by atoms with Gasteiger partial charge in [0.2, 0.25) is 5.91 Å². The van der Waals surface area contributed by atoms with Crippen molar-refractivity contribution in [3.8, 4) is 0 Å². The molecule has 0 aromatic carbocycles. The number of anilines is 1. The van der Waals surface area contributed by atoms with E-state index in [0.29, 0.717) is 11.3 Å². The number of aromatic nitrogens is 2. The highest BCUT2D eigenvalue weighted by Gasteiger charge is 2.09. The average molecular weight is 329 g/mol. The van der Waals surface area contributed by atoms with Crippen molar-refractivity contribution >= 4 is 44.8 Å². The molecule has 2 heterocycles. The molecule has 18 heavy (non-hydrogen) atoms. The molecule has 0 fully saturated rings. The van der Waals surface area contributed by atoms with Crippen molar-refractivity contribution in [2.45, 2.75) is 6.54 Å². The predicted octanol–water partition coefficient (Wildman–Crippen LogP) is 1.44. The second-order valence-corrected chi connectivity index (χ2v) is 5.78.